The number of hydrogen-bond acceptors (Lipinski definition) is 1. The topological polar surface area (TPSA) is 29.1 Å². The van der Waals surface area contributed by atoms with Gasteiger partial charge in [0.1, 0.15) is 5.82 Å². The molecule has 0 aromatic heterocycles. The van der Waals surface area contributed by atoms with Gasteiger partial charge < -0.3 is 5.32 Å². The van der Waals surface area contributed by atoms with Gasteiger partial charge in [-0.1, -0.05) is 37.6 Å². The minimum Gasteiger partial charge on any atom is -0.351 e. The lowest BCUT2D eigenvalue weighted by molar-refractivity contribution is 0.0945. The van der Waals surface area contributed by atoms with Crippen LogP contribution in [0.3, 0.4) is 0 Å². The molecule has 0 unspecified atom stereocenters. The zero-order chi connectivity index (χ0) is 14.9. The quantitative estimate of drug-likeness (QED) is 0.872. The van der Waals surface area contributed by atoms with E-state index >= 15 is 0 Å². The number of hydrogen-bond donors (Lipinski definition) is 1. The second kappa shape index (κ2) is 5.47. The first kappa shape index (κ1) is 14.1. The van der Waals surface area contributed by atoms with Crippen molar-refractivity contribution in [1.29, 1.82) is 0 Å². The van der Waals surface area contributed by atoms with Crippen LogP contribution in [0.15, 0.2) is 36.4 Å². The number of fused-ring (bicyclic) bond motifs is 1. The van der Waals surface area contributed by atoms with E-state index in [1.807, 2.05) is 6.07 Å². The van der Waals surface area contributed by atoms with E-state index in [-0.39, 0.29) is 11.7 Å². The Hall–Kier alpha value is -1.90. The Morgan fingerprint density at radius 1 is 1.19 bits per heavy atom. The summed E-state index contributed by atoms with van der Waals surface area (Å²) in [5.74, 6) is -0.389. The van der Waals surface area contributed by atoms with Gasteiger partial charge in [-0.15, -0.1) is 0 Å². The maximum absolute atomic E-state index is 13.8. The molecule has 1 aliphatic rings. The predicted octanol–water partition coefficient (Wildman–Crippen LogP) is 4.29. The van der Waals surface area contributed by atoms with Crippen LogP contribution >= 0.6 is 0 Å². The van der Waals surface area contributed by atoms with Crippen LogP contribution in [0.4, 0.5) is 4.39 Å². The van der Waals surface area contributed by atoms with Gasteiger partial charge in [0, 0.05) is 17.5 Å². The molecule has 1 amide bonds. The molecule has 21 heavy (non-hydrogen) atoms. The number of amides is 1. The van der Waals surface area contributed by atoms with Gasteiger partial charge >= 0.3 is 0 Å². The first-order valence-corrected chi connectivity index (χ1v) is 7.61. The van der Waals surface area contributed by atoms with Crippen molar-refractivity contribution in [3.63, 3.8) is 0 Å². The van der Waals surface area contributed by atoms with Gasteiger partial charge in [0.05, 0.1) is 0 Å². The number of halogens is 1. The summed E-state index contributed by atoms with van der Waals surface area (Å²) in [4.78, 5) is 12.4. The van der Waals surface area contributed by atoms with Crippen LogP contribution in [0.25, 0.3) is 10.8 Å². The molecule has 110 valence electrons. The Morgan fingerprint density at radius 3 is 2.57 bits per heavy atom. The molecule has 0 bridgehead atoms. The third-order valence-corrected chi connectivity index (χ3v) is 4.48. The fraction of sp³-hybridized carbons (Fsp3) is 0.389. The monoisotopic (exact) mass is 285 g/mol. The van der Waals surface area contributed by atoms with Gasteiger partial charge in [-0.05, 0) is 42.2 Å². The number of nitrogens with one attached hydrogen (secondary N) is 1. The molecule has 1 fully saturated rings. The molecule has 1 aliphatic carbocycles. The van der Waals surface area contributed by atoms with Crippen LogP contribution in [0.2, 0.25) is 0 Å². The molecule has 0 saturated heterocycles. The summed E-state index contributed by atoms with van der Waals surface area (Å²) in [6, 6.07) is 10.1. The first-order valence-electron chi connectivity index (χ1n) is 7.61. The molecular formula is C18H20FNO. The zero-order valence-corrected chi connectivity index (χ0v) is 12.3. The van der Waals surface area contributed by atoms with Crippen LogP contribution in [0.5, 0.6) is 0 Å². The Kier molecular flexibility index (Phi) is 3.66. The average Bonchev–Trinajstić information content (AvgIpc) is 3.26. The van der Waals surface area contributed by atoms with Crippen LogP contribution in [0.1, 0.15) is 43.0 Å². The summed E-state index contributed by atoms with van der Waals surface area (Å²) in [6.45, 7) is 2.90. The van der Waals surface area contributed by atoms with Crippen molar-refractivity contribution in [3.8, 4) is 0 Å². The van der Waals surface area contributed by atoms with E-state index in [9.17, 15) is 9.18 Å². The smallest absolute Gasteiger partial charge is 0.251 e. The van der Waals surface area contributed by atoms with Crippen molar-refractivity contribution in [2.45, 2.75) is 32.6 Å². The Labute approximate surface area is 124 Å². The van der Waals surface area contributed by atoms with E-state index in [1.54, 1.807) is 24.3 Å². The molecule has 1 N–H and O–H groups in total. The summed E-state index contributed by atoms with van der Waals surface area (Å²) in [5.41, 5.74) is 0.875. The lowest BCUT2D eigenvalue weighted by Gasteiger charge is -2.15. The second-order valence-electron chi connectivity index (χ2n) is 6.07. The highest BCUT2D eigenvalue weighted by Crippen LogP contribution is 2.48. The SMILES string of the molecule is CCCC1(CNC(=O)c2ccc(F)c3ccccc23)CC1. The highest BCUT2D eigenvalue weighted by Gasteiger charge is 2.41. The second-order valence-corrected chi connectivity index (χ2v) is 6.07. The van der Waals surface area contributed by atoms with Crippen molar-refractivity contribution < 1.29 is 9.18 Å². The van der Waals surface area contributed by atoms with Crippen molar-refractivity contribution in [3.05, 3.63) is 47.8 Å². The van der Waals surface area contributed by atoms with Gasteiger partial charge in [-0.2, -0.15) is 0 Å². The molecule has 3 rings (SSSR count). The molecule has 2 aromatic rings. The standard InChI is InChI=1S/C18H20FNO/c1-2-9-18(10-11-18)12-20-17(21)15-7-8-16(19)14-6-4-3-5-13(14)15/h3-8H,2,9-12H2,1H3,(H,20,21). The van der Waals surface area contributed by atoms with E-state index in [1.165, 1.54) is 18.9 Å². The minimum absolute atomic E-state index is 0.103. The molecule has 0 heterocycles. The fourth-order valence-corrected chi connectivity index (χ4v) is 3.05. The summed E-state index contributed by atoms with van der Waals surface area (Å²) in [5, 5.41) is 4.21. The molecule has 0 atom stereocenters. The number of rotatable bonds is 5. The maximum atomic E-state index is 13.8. The molecule has 3 heteroatoms. The van der Waals surface area contributed by atoms with E-state index in [2.05, 4.69) is 12.2 Å². The third-order valence-electron chi connectivity index (χ3n) is 4.48. The molecule has 0 aliphatic heterocycles. The molecule has 2 aromatic carbocycles. The van der Waals surface area contributed by atoms with Crippen LogP contribution in [0, 0.1) is 11.2 Å². The zero-order valence-electron chi connectivity index (χ0n) is 12.3. The van der Waals surface area contributed by atoms with Gasteiger partial charge in [0.15, 0.2) is 0 Å². The minimum atomic E-state index is -0.285. The molecule has 2 nitrogen and oxygen atoms in total. The average molecular weight is 285 g/mol. The van der Waals surface area contributed by atoms with Crippen LogP contribution in [-0.4, -0.2) is 12.5 Å². The van der Waals surface area contributed by atoms with E-state index in [4.69, 9.17) is 0 Å². The largest absolute Gasteiger partial charge is 0.351 e. The Bertz CT molecular complexity index is 676. The lowest BCUT2D eigenvalue weighted by Crippen LogP contribution is -2.30. The molecule has 0 spiro atoms. The highest BCUT2D eigenvalue weighted by atomic mass is 19.1. The number of carbonyl (C=O) groups is 1. The predicted molar refractivity (Wildman–Crippen MR) is 82.8 cm³/mol. The van der Waals surface area contributed by atoms with Crippen molar-refractivity contribution in [1.82, 2.24) is 5.32 Å². The third kappa shape index (κ3) is 2.78. The van der Waals surface area contributed by atoms with Gasteiger partial charge in [0.2, 0.25) is 0 Å². The highest BCUT2D eigenvalue weighted by molar-refractivity contribution is 6.07. The summed E-state index contributed by atoms with van der Waals surface area (Å²) < 4.78 is 13.8. The van der Waals surface area contributed by atoms with Crippen molar-refractivity contribution >= 4 is 16.7 Å². The van der Waals surface area contributed by atoms with E-state index in [0.717, 1.165) is 19.4 Å². The Balaban J connectivity index is 1.81. The van der Waals surface area contributed by atoms with Crippen LogP contribution in [-0.2, 0) is 0 Å². The first-order chi connectivity index (χ1) is 10.2. The molecule has 1 saturated carbocycles. The normalized spacial score (nSPS) is 15.9. The fourth-order valence-electron chi connectivity index (χ4n) is 3.05. The summed E-state index contributed by atoms with van der Waals surface area (Å²) in [6.07, 6.45) is 4.71. The van der Waals surface area contributed by atoms with Gasteiger partial charge in [-0.25, -0.2) is 4.39 Å². The number of carbonyl (C=O) groups excluding carboxylic acids is 1. The van der Waals surface area contributed by atoms with Crippen LogP contribution < -0.4 is 5.32 Å². The van der Waals surface area contributed by atoms with Crippen molar-refractivity contribution in [2.75, 3.05) is 6.54 Å². The lowest BCUT2D eigenvalue weighted by atomic mass is 10.00. The van der Waals surface area contributed by atoms with E-state index < -0.39 is 0 Å². The molecule has 0 radical (unpaired) electrons. The number of benzene rings is 2. The summed E-state index contributed by atoms with van der Waals surface area (Å²) >= 11 is 0. The molecular weight excluding hydrogens is 265 g/mol. The van der Waals surface area contributed by atoms with Gasteiger partial charge in [0.25, 0.3) is 5.91 Å². The van der Waals surface area contributed by atoms with Gasteiger partial charge in [-0.3, -0.25) is 4.79 Å². The van der Waals surface area contributed by atoms with Crippen molar-refractivity contribution in [2.24, 2.45) is 5.41 Å². The Morgan fingerprint density at radius 2 is 1.90 bits per heavy atom. The summed E-state index contributed by atoms with van der Waals surface area (Å²) in [7, 11) is 0. The maximum Gasteiger partial charge on any atom is 0.251 e. The van der Waals surface area contributed by atoms with E-state index in [0.29, 0.717) is 21.8 Å².